The zero-order chi connectivity index (χ0) is 18.1. The lowest BCUT2D eigenvalue weighted by molar-refractivity contribution is 0.415. The third kappa shape index (κ3) is 2.82. The number of nitrogens with two attached hydrogens (primary N) is 1. The second-order valence-corrected chi connectivity index (χ2v) is 5.75. The van der Waals surface area contributed by atoms with E-state index in [0.717, 1.165) is 16.5 Å². The Labute approximate surface area is 149 Å². The van der Waals surface area contributed by atoms with Crippen LogP contribution in [-0.2, 0) is 0 Å². The van der Waals surface area contributed by atoms with Gasteiger partial charge in [-0.2, -0.15) is 0 Å². The molecule has 0 saturated carbocycles. The summed E-state index contributed by atoms with van der Waals surface area (Å²) in [6.45, 7) is 0. The lowest BCUT2D eigenvalue weighted by Gasteiger charge is -2.11. The summed E-state index contributed by atoms with van der Waals surface area (Å²) >= 11 is 0. The smallest absolute Gasteiger partial charge is 0.163 e. The largest absolute Gasteiger partial charge is 0.496 e. The van der Waals surface area contributed by atoms with E-state index in [1.165, 1.54) is 12.1 Å². The average molecular weight is 346 g/mol. The third-order valence-electron chi connectivity index (χ3n) is 4.12. The van der Waals surface area contributed by atoms with Gasteiger partial charge in [0, 0.05) is 28.9 Å². The van der Waals surface area contributed by atoms with E-state index in [9.17, 15) is 4.39 Å². The maximum Gasteiger partial charge on any atom is 0.163 e. The zero-order valence-corrected chi connectivity index (χ0v) is 14.0. The van der Waals surface area contributed by atoms with Gasteiger partial charge < -0.3 is 10.5 Å². The van der Waals surface area contributed by atoms with Crippen LogP contribution in [0.1, 0.15) is 0 Å². The minimum Gasteiger partial charge on any atom is -0.496 e. The van der Waals surface area contributed by atoms with Crippen molar-refractivity contribution in [3.05, 3.63) is 66.7 Å². The first kappa shape index (κ1) is 16.0. The van der Waals surface area contributed by atoms with Crippen LogP contribution in [-0.4, -0.2) is 22.1 Å². The fourth-order valence-electron chi connectivity index (χ4n) is 2.85. The predicted octanol–water partition coefficient (Wildman–Crippen LogP) is 4.09. The van der Waals surface area contributed by atoms with Gasteiger partial charge >= 0.3 is 0 Å². The van der Waals surface area contributed by atoms with Gasteiger partial charge in [0.1, 0.15) is 17.4 Å². The fourth-order valence-corrected chi connectivity index (χ4v) is 2.85. The Bertz CT molecular complexity index is 1100. The predicted molar refractivity (Wildman–Crippen MR) is 99.1 cm³/mol. The molecule has 0 bridgehead atoms. The highest BCUT2D eigenvalue weighted by molar-refractivity contribution is 5.93. The van der Waals surface area contributed by atoms with Crippen LogP contribution in [0.15, 0.2) is 60.9 Å². The summed E-state index contributed by atoms with van der Waals surface area (Å²) in [6, 6.07) is 13.6. The molecule has 5 nitrogen and oxygen atoms in total. The molecular weight excluding hydrogens is 331 g/mol. The topological polar surface area (TPSA) is 73.9 Å². The highest BCUT2D eigenvalue weighted by Gasteiger charge is 2.12. The highest BCUT2D eigenvalue weighted by atomic mass is 19.1. The molecule has 0 radical (unpaired) electrons. The van der Waals surface area contributed by atoms with Crippen molar-refractivity contribution in [3.8, 4) is 28.3 Å². The molecule has 0 aliphatic heterocycles. The summed E-state index contributed by atoms with van der Waals surface area (Å²) in [5.41, 5.74) is 8.98. The van der Waals surface area contributed by atoms with Gasteiger partial charge in [-0.25, -0.2) is 14.4 Å². The SMILES string of the molecule is COc1ccc(F)cc1-c1ccc2c(N)nc(-c3cccnc3)nc2c1. The van der Waals surface area contributed by atoms with Crippen molar-refractivity contribution in [2.24, 2.45) is 0 Å². The van der Waals surface area contributed by atoms with Crippen LogP contribution in [0.5, 0.6) is 5.75 Å². The van der Waals surface area contributed by atoms with Gasteiger partial charge in [0.2, 0.25) is 0 Å². The van der Waals surface area contributed by atoms with Gasteiger partial charge in [-0.05, 0) is 48.0 Å². The summed E-state index contributed by atoms with van der Waals surface area (Å²) < 4.78 is 19.1. The number of hydrogen-bond donors (Lipinski definition) is 1. The highest BCUT2D eigenvalue weighted by Crippen LogP contribution is 2.33. The van der Waals surface area contributed by atoms with E-state index in [2.05, 4.69) is 15.0 Å². The third-order valence-corrected chi connectivity index (χ3v) is 4.12. The quantitative estimate of drug-likeness (QED) is 0.605. The number of methoxy groups -OCH3 is 1. The summed E-state index contributed by atoms with van der Waals surface area (Å²) in [5.74, 6) is 1.12. The monoisotopic (exact) mass is 346 g/mol. The van der Waals surface area contributed by atoms with E-state index in [-0.39, 0.29) is 5.82 Å². The summed E-state index contributed by atoms with van der Waals surface area (Å²) in [7, 11) is 1.55. The van der Waals surface area contributed by atoms with E-state index >= 15 is 0 Å². The average Bonchev–Trinajstić information content (AvgIpc) is 2.68. The molecule has 0 aliphatic rings. The second kappa shape index (κ2) is 6.40. The van der Waals surface area contributed by atoms with Gasteiger partial charge in [-0.1, -0.05) is 6.07 Å². The number of nitrogens with zero attached hydrogens (tertiary/aromatic N) is 3. The van der Waals surface area contributed by atoms with Gasteiger partial charge in [0.05, 0.1) is 12.6 Å². The molecule has 2 aromatic heterocycles. The molecule has 128 valence electrons. The molecule has 2 aromatic carbocycles. The molecule has 2 heterocycles. The Balaban J connectivity index is 1.91. The molecule has 0 spiro atoms. The Hall–Kier alpha value is -3.54. The van der Waals surface area contributed by atoms with Gasteiger partial charge in [0.25, 0.3) is 0 Å². The number of hydrogen-bond acceptors (Lipinski definition) is 5. The summed E-state index contributed by atoms with van der Waals surface area (Å²) in [6.07, 6.45) is 3.36. The van der Waals surface area contributed by atoms with E-state index in [1.807, 2.05) is 30.3 Å². The number of pyridine rings is 1. The van der Waals surface area contributed by atoms with Crippen molar-refractivity contribution in [1.29, 1.82) is 0 Å². The molecule has 26 heavy (non-hydrogen) atoms. The Morgan fingerprint density at radius 2 is 1.88 bits per heavy atom. The number of rotatable bonds is 3. The normalized spacial score (nSPS) is 10.8. The van der Waals surface area contributed by atoms with Crippen molar-refractivity contribution in [3.63, 3.8) is 0 Å². The molecule has 2 N–H and O–H groups in total. The lowest BCUT2D eigenvalue weighted by atomic mass is 10.0. The van der Waals surface area contributed by atoms with Crippen LogP contribution in [0.3, 0.4) is 0 Å². The van der Waals surface area contributed by atoms with Crippen LogP contribution in [0.4, 0.5) is 10.2 Å². The molecule has 0 fully saturated rings. The molecular formula is C20H15FN4O. The standard InChI is InChI=1S/C20H15FN4O/c1-26-18-7-5-14(21)10-16(18)12-4-6-15-17(9-12)24-20(25-19(15)22)13-3-2-8-23-11-13/h2-11H,1H3,(H2,22,24,25). The number of anilines is 1. The van der Waals surface area contributed by atoms with Crippen molar-refractivity contribution < 1.29 is 9.13 Å². The zero-order valence-electron chi connectivity index (χ0n) is 14.0. The summed E-state index contributed by atoms with van der Waals surface area (Å²) in [4.78, 5) is 13.1. The van der Waals surface area contributed by atoms with Gasteiger partial charge in [-0.15, -0.1) is 0 Å². The Morgan fingerprint density at radius 1 is 1.00 bits per heavy atom. The van der Waals surface area contributed by atoms with E-state index in [0.29, 0.717) is 28.5 Å². The first-order valence-electron chi connectivity index (χ1n) is 7.97. The minimum atomic E-state index is -0.334. The van der Waals surface area contributed by atoms with Crippen molar-refractivity contribution in [2.45, 2.75) is 0 Å². The Morgan fingerprint density at radius 3 is 2.65 bits per heavy atom. The van der Waals surface area contributed by atoms with E-state index < -0.39 is 0 Å². The fraction of sp³-hybridized carbons (Fsp3) is 0.0500. The molecule has 0 atom stereocenters. The van der Waals surface area contributed by atoms with Crippen LogP contribution < -0.4 is 10.5 Å². The lowest BCUT2D eigenvalue weighted by Crippen LogP contribution is -1.98. The minimum absolute atomic E-state index is 0.334. The first-order valence-corrected chi connectivity index (χ1v) is 7.97. The van der Waals surface area contributed by atoms with Crippen LogP contribution in [0.25, 0.3) is 33.4 Å². The van der Waals surface area contributed by atoms with Gasteiger partial charge in [-0.3, -0.25) is 4.98 Å². The molecule has 0 unspecified atom stereocenters. The molecule has 0 aliphatic carbocycles. The molecule has 0 saturated heterocycles. The van der Waals surface area contributed by atoms with Gasteiger partial charge in [0.15, 0.2) is 5.82 Å². The number of aromatic nitrogens is 3. The van der Waals surface area contributed by atoms with Crippen molar-refractivity contribution >= 4 is 16.7 Å². The first-order chi connectivity index (χ1) is 12.7. The van der Waals surface area contributed by atoms with Crippen LogP contribution in [0.2, 0.25) is 0 Å². The number of ether oxygens (including phenoxy) is 1. The Kier molecular flexibility index (Phi) is 3.93. The molecule has 4 aromatic rings. The van der Waals surface area contributed by atoms with E-state index in [4.69, 9.17) is 10.5 Å². The maximum absolute atomic E-state index is 13.7. The summed E-state index contributed by atoms with van der Waals surface area (Å²) in [5, 5.41) is 0.733. The molecule has 6 heteroatoms. The maximum atomic E-state index is 13.7. The van der Waals surface area contributed by atoms with E-state index in [1.54, 1.807) is 25.6 Å². The van der Waals surface area contributed by atoms with Crippen molar-refractivity contribution in [2.75, 3.05) is 12.8 Å². The number of benzene rings is 2. The molecule has 4 rings (SSSR count). The number of fused-ring (bicyclic) bond motifs is 1. The number of halogens is 1. The molecule has 0 amide bonds. The van der Waals surface area contributed by atoms with Crippen LogP contribution in [0, 0.1) is 5.82 Å². The second-order valence-electron chi connectivity index (χ2n) is 5.75. The number of nitrogen functional groups attached to an aromatic ring is 1. The van der Waals surface area contributed by atoms with Crippen LogP contribution >= 0.6 is 0 Å². The van der Waals surface area contributed by atoms with Crippen molar-refractivity contribution in [1.82, 2.24) is 15.0 Å².